The first-order chi connectivity index (χ1) is 21.0. The molecule has 7 heteroatoms. The molecule has 0 saturated carbocycles. The third kappa shape index (κ3) is 23.5. The summed E-state index contributed by atoms with van der Waals surface area (Å²) in [6, 6.07) is 0. The van der Waals surface area contributed by atoms with Gasteiger partial charge in [0.15, 0.2) is 0 Å². The lowest BCUT2D eigenvalue weighted by molar-refractivity contribution is -0.929. The maximum absolute atomic E-state index is 11.5. The van der Waals surface area contributed by atoms with Crippen molar-refractivity contribution >= 4 is 17.9 Å². The second-order valence-electron chi connectivity index (χ2n) is 13.7. The van der Waals surface area contributed by atoms with E-state index in [2.05, 4.69) is 19.1 Å². The molecule has 0 amide bonds. The molecule has 0 aromatic rings. The summed E-state index contributed by atoms with van der Waals surface area (Å²) in [5, 5.41) is 30.3. The van der Waals surface area contributed by atoms with Crippen molar-refractivity contribution in [2.75, 3.05) is 26.2 Å². The van der Waals surface area contributed by atoms with Gasteiger partial charge in [-0.1, -0.05) is 117 Å². The van der Waals surface area contributed by atoms with E-state index in [-0.39, 0.29) is 0 Å². The molecule has 3 unspecified atom stereocenters. The number of carboxylic acids is 3. The summed E-state index contributed by atoms with van der Waals surface area (Å²) in [6.07, 6.45) is 29.1. The third-order valence-electron chi connectivity index (χ3n) is 9.50. The topological polar surface area (TPSA) is 115 Å². The summed E-state index contributed by atoms with van der Waals surface area (Å²) >= 11 is 0. The number of quaternary nitrogens is 1. The van der Waals surface area contributed by atoms with Crippen LogP contribution >= 0.6 is 0 Å². The van der Waals surface area contributed by atoms with E-state index in [0.29, 0.717) is 43.4 Å². The van der Waals surface area contributed by atoms with Crippen LogP contribution < -0.4 is 5.11 Å². The normalized spacial score (nSPS) is 15.2. The minimum absolute atomic E-state index is 0.446. The molecule has 0 rings (SSSR count). The van der Waals surface area contributed by atoms with Gasteiger partial charge in [0.05, 0.1) is 38.0 Å². The molecule has 0 aromatic heterocycles. The lowest BCUT2D eigenvalue weighted by Gasteiger charge is -2.41. The minimum Gasteiger partial charge on any atom is -0.550 e. The van der Waals surface area contributed by atoms with Gasteiger partial charge in [0.2, 0.25) is 0 Å². The summed E-state index contributed by atoms with van der Waals surface area (Å²) in [7, 11) is 0. The summed E-state index contributed by atoms with van der Waals surface area (Å²) in [5.74, 6) is -4.31. The number of hydrogen-bond acceptors (Lipinski definition) is 4. The molecular weight excluding hydrogens is 554 g/mol. The van der Waals surface area contributed by atoms with E-state index in [9.17, 15) is 29.7 Å². The maximum Gasteiger partial charge on any atom is 0.306 e. The van der Waals surface area contributed by atoms with Gasteiger partial charge >= 0.3 is 11.9 Å². The summed E-state index contributed by atoms with van der Waals surface area (Å²) in [4.78, 5) is 34.4. The molecule has 7 nitrogen and oxygen atoms in total. The molecule has 258 valence electrons. The maximum atomic E-state index is 11.5. The molecule has 0 bridgehead atoms. The molecule has 2 N–H and O–H groups in total. The van der Waals surface area contributed by atoms with Crippen molar-refractivity contribution in [2.24, 2.45) is 17.8 Å². The highest BCUT2D eigenvalue weighted by Crippen LogP contribution is 2.22. The Morgan fingerprint density at radius 1 is 0.545 bits per heavy atom. The smallest absolute Gasteiger partial charge is 0.306 e. The SMILES string of the molecule is CCCCCCC/C=C/CCCCCCCCCCCCC[N+](CCC(C)C(=O)[O-])(CCC(C)C(=O)O)CCC(C)C(=O)O. The molecule has 0 fully saturated rings. The van der Waals surface area contributed by atoms with Gasteiger partial charge in [-0.3, -0.25) is 9.59 Å². The van der Waals surface area contributed by atoms with Crippen LogP contribution in [0.25, 0.3) is 0 Å². The Labute approximate surface area is 270 Å². The van der Waals surface area contributed by atoms with Crippen LogP contribution in [0.5, 0.6) is 0 Å². The Morgan fingerprint density at radius 2 is 0.886 bits per heavy atom. The molecule has 0 aliphatic heterocycles. The Bertz CT molecular complexity index is 707. The zero-order chi connectivity index (χ0) is 33.1. The molecule has 0 radical (unpaired) electrons. The van der Waals surface area contributed by atoms with Gasteiger partial charge < -0.3 is 24.6 Å². The number of unbranched alkanes of at least 4 members (excludes halogenated alkanes) is 16. The summed E-state index contributed by atoms with van der Waals surface area (Å²) < 4.78 is 0.585. The van der Waals surface area contributed by atoms with Crippen molar-refractivity contribution in [3.8, 4) is 0 Å². The molecule has 0 aliphatic rings. The molecule has 3 atom stereocenters. The molecular formula is C37H69NO6. The lowest BCUT2D eigenvalue weighted by atomic mass is 10.0. The number of carbonyl (C=O) groups excluding carboxylic acids is 1. The number of allylic oxidation sites excluding steroid dienone is 2. The summed E-state index contributed by atoms with van der Waals surface area (Å²) in [5.41, 5.74) is 0. The van der Waals surface area contributed by atoms with Gasteiger partial charge in [-0.05, 0) is 38.5 Å². The molecule has 0 spiro atoms. The Hall–Kier alpha value is -1.89. The van der Waals surface area contributed by atoms with Crippen molar-refractivity contribution in [1.29, 1.82) is 0 Å². The van der Waals surface area contributed by atoms with Crippen LogP contribution in [0.1, 0.15) is 163 Å². The molecule has 0 heterocycles. The van der Waals surface area contributed by atoms with E-state index < -0.39 is 35.7 Å². The van der Waals surface area contributed by atoms with Crippen molar-refractivity contribution in [2.45, 2.75) is 163 Å². The van der Waals surface area contributed by atoms with Crippen LogP contribution in [0.2, 0.25) is 0 Å². The zero-order valence-electron chi connectivity index (χ0n) is 29.0. The average molecular weight is 624 g/mol. The molecule has 0 aliphatic carbocycles. The van der Waals surface area contributed by atoms with Crippen LogP contribution in [0.15, 0.2) is 12.2 Å². The van der Waals surface area contributed by atoms with Gasteiger partial charge in [-0.2, -0.15) is 0 Å². The van der Waals surface area contributed by atoms with E-state index in [4.69, 9.17) is 0 Å². The Morgan fingerprint density at radius 3 is 1.25 bits per heavy atom. The molecule has 0 saturated heterocycles. The fraction of sp³-hybridized carbons (Fsp3) is 0.865. The van der Waals surface area contributed by atoms with Crippen LogP contribution in [-0.4, -0.2) is 58.8 Å². The van der Waals surface area contributed by atoms with E-state index >= 15 is 0 Å². The van der Waals surface area contributed by atoms with E-state index in [1.807, 2.05) is 0 Å². The van der Waals surface area contributed by atoms with Crippen molar-refractivity contribution in [3.05, 3.63) is 12.2 Å². The third-order valence-corrected chi connectivity index (χ3v) is 9.50. The van der Waals surface area contributed by atoms with Gasteiger partial charge in [0.25, 0.3) is 0 Å². The van der Waals surface area contributed by atoms with Crippen LogP contribution in [0.4, 0.5) is 0 Å². The van der Waals surface area contributed by atoms with Crippen LogP contribution in [-0.2, 0) is 14.4 Å². The first-order valence-corrected chi connectivity index (χ1v) is 18.2. The number of hydrogen-bond donors (Lipinski definition) is 2. The fourth-order valence-corrected chi connectivity index (χ4v) is 5.84. The number of aliphatic carboxylic acids is 3. The second-order valence-corrected chi connectivity index (χ2v) is 13.7. The number of carboxylic acid groups (broad SMARTS) is 3. The van der Waals surface area contributed by atoms with Crippen LogP contribution in [0.3, 0.4) is 0 Å². The highest BCUT2D eigenvalue weighted by atomic mass is 16.4. The van der Waals surface area contributed by atoms with Gasteiger partial charge in [0.1, 0.15) is 0 Å². The van der Waals surface area contributed by atoms with Crippen molar-refractivity contribution < 1.29 is 34.2 Å². The van der Waals surface area contributed by atoms with Gasteiger partial charge in [-0.15, -0.1) is 0 Å². The van der Waals surface area contributed by atoms with E-state index in [0.717, 1.165) is 25.8 Å². The fourth-order valence-electron chi connectivity index (χ4n) is 5.84. The largest absolute Gasteiger partial charge is 0.550 e. The molecule has 44 heavy (non-hydrogen) atoms. The standard InChI is InChI=1S/C37H69NO6/c1-5-6-7-8-9-10-11-12-13-14-15-16-17-18-19-20-21-22-23-24-28-38(29-25-32(2)35(39)40,30-26-33(3)36(41)42)31-27-34(4)37(43)44/h11-12,32-34H,5-10,13-31H2,1-4H3,(H2-,39,40,41,42,43,44)/b12-11+. The van der Waals surface area contributed by atoms with Gasteiger partial charge in [-0.25, -0.2) is 0 Å². The number of rotatable bonds is 32. The first kappa shape index (κ1) is 42.1. The van der Waals surface area contributed by atoms with E-state index in [1.165, 1.54) is 96.3 Å². The second kappa shape index (κ2) is 27.4. The predicted octanol–water partition coefficient (Wildman–Crippen LogP) is 8.40. The highest BCUT2D eigenvalue weighted by molar-refractivity contribution is 5.69. The minimum atomic E-state index is -1.07. The lowest BCUT2D eigenvalue weighted by Crippen LogP contribution is -2.52. The van der Waals surface area contributed by atoms with Crippen molar-refractivity contribution in [3.63, 3.8) is 0 Å². The quantitative estimate of drug-likeness (QED) is 0.0442. The Balaban J connectivity index is 4.40. The zero-order valence-corrected chi connectivity index (χ0v) is 29.0. The average Bonchev–Trinajstić information content (AvgIpc) is 2.99. The molecule has 0 aromatic carbocycles. The van der Waals surface area contributed by atoms with E-state index in [1.54, 1.807) is 20.8 Å². The number of carbonyl (C=O) groups is 3. The number of nitrogens with zero attached hydrogens (tertiary/aromatic N) is 1. The summed E-state index contributed by atoms with van der Waals surface area (Å²) in [6.45, 7) is 9.99. The highest BCUT2D eigenvalue weighted by Gasteiger charge is 2.30. The first-order valence-electron chi connectivity index (χ1n) is 18.2. The predicted molar refractivity (Wildman–Crippen MR) is 179 cm³/mol. The van der Waals surface area contributed by atoms with Gasteiger partial charge in [0, 0.05) is 31.1 Å². The van der Waals surface area contributed by atoms with Crippen LogP contribution in [0, 0.1) is 17.8 Å². The Kier molecular flexibility index (Phi) is 26.2. The monoisotopic (exact) mass is 624 g/mol. The van der Waals surface area contributed by atoms with Crippen molar-refractivity contribution in [1.82, 2.24) is 0 Å².